The normalized spacial score (nSPS) is 14.0. The zero-order valence-corrected chi connectivity index (χ0v) is 37.6. The molecule has 12 aromatic rings. The number of rotatable bonds is 6. The van der Waals surface area contributed by atoms with E-state index in [9.17, 15) is 0 Å². The molecule has 4 nitrogen and oxygen atoms in total. The minimum absolute atomic E-state index is 0.368. The predicted molar refractivity (Wildman–Crippen MR) is 279 cm³/mol. The molecule has 0 N–H and O–H groups in total. The zero-order valence-electron chi connectivity index (χ0n) is 37.6. The molecule has 14 rings (SSSR count). The minimum atomic E-state index is -0.589. The first-order chi connectivity index (χ1) is 33.5. The largest absolute Gasteiger partial charge is 0.455 e. The van der Waals surface area contributed by atoms with Gasteiger partial charge in [0, 0.05) is 51.1 Å². The average Bonchev–Trinajstić information content (AvgIpc) is 4.01. The van der Waals surface area contributed by atoms with Gasteiger partial charge in [0.05, 0.1) is 16.5 Å². The molecule has 0 atom stereocenters. The lowest BCUT2D eigenvalue weighted by Gasteiger charge is -2.35. The fourth-order valence-corrected chi connectivity index (χ4v) is 12.2. The van der Waals surface area contributed by atoms with Crippen molar-refractivity contribution in [3.8, 4) is 33.6 Å². The molecule has 0 unspecified atom stereocenters. The molecule has 4 heteroatoms. The Morgan fingerprint density at radius 2 is 1.04 bits per heavy atom. The molecule has 2 aromatic heterocycles. The van der Waals surface area contributed by atoms with E-state index in [1.165, 1.54) is 66.4 Å². The van der Waals surface area contributed by atoms with Crippen molar-refractivity contribution >= 4 is 60.5 Å². The summed E-state index contributed by atoms with van der Waals surface area (Å²) in [6.45, 7) is 4.75. The predicted octanol–water partition coefficient (Wildman–Crippen LogP) is 16.5. The van der Waals surface area contributed by atoms with Crippen LogP contribution >= 0.6 is 0 Å². The molecule has 2 aliphatic rings. The van der Waals surface area contributed by atoms with Gasteiger partial charge in [0.2, 0.25) is 0 Å². The van der Waals surface area contributed by atoms with E-state index < -0.39 is 5.41 Å². The fourth-order valence-electron chi connectivity index (χ4n) is 12.2. The van der Waals surface area contributed by atoms with Gasteiger partial charge in [-0.15, -0.1) is 0 Å². The summed E-state index contributed by atoms with van der Waals surface area (Å²) in [5.74, 6) is 0.673. The molecule has 0 saturated heterocycles. The van der Waals surface area contributed by atoms with Crippen LogP contribution in [0.3, 0.4) is 0 Å². The number of nitrogens with zero attached hydrogens (tertiary/aromatic N) is 3. The Morgan fingerprint density at radius 1 is 0.426 bits per heavy atom. The van der Waals surface area contributed by atoms with Crippen LogP contribution in [0.2, 0.25) is 0 Å². The average molecular weight is 870 g/mol. The molecule has 0 radical (unpaired) electrons. The monoisotopic (exact) mass is 869 g/mol. The van der Waals surface area contributed by atoms with Crippen molar-refractivity contribution in [1.29, 1.82) is 0 Å². The second-order valence-corrected chi connectivity index (χ2v) is 18.8. The van der Waals surface area contributed by atoms with Crippen LogP contribution in [0.5, 0.6) is 0 Å². The molecule has 0 fully saturated rings. The van der Waals surface area contributed by atoms with E-state index in [0.717, 1.165) is 55.3 Å². The van der Waals surface area contributed by atoms with Gasteiger partial charge in [0.1, 0.15) is 11.2 Å². The second kappa shape index (κ2) is 14.4. The summed E-state index contributed by atoms with van der Waals surface area (Å²) in [4.78, 5) is 11.9. The molecule has 0 aliphatic heterocycles. The molecule has 2 aliphatic carbocycles. The standard InChI is InChI=1S/C64H43N3O/c1-63(2)58-47-25-8-6-17-40(47)31-33-51(58)53-39-56(57-52-34-32-41-18-7-9-26-48(41)60(52)68-61(57)59(53)63)67(45-23-14-19-42(37-45)62-65-35-16-36-66-62)46-24-15-22-44(38-46)64(43-20-4-3-5-21-43)54-29-12-10-27-49(54)50-28-11-13-30-55(50)64/h3-39H,1-2H3. The van der Waals surface area contributed by atoms with Crippen molar-refractivity contribution in [2.45, 2.75) is 24.7 Å². The van der Waals surface area contributed by atoms with Gasteiger partial charge >= 0.3 is 0 Å². The Balaban J connectivity index is 1.12. The number of anilines is 3. The molecular weight excluding hydrogens is 827 g/mol. The molecule has 0 bridgehead atoms. The van der Waals surface area contributed by atoms with E-state index >= 15 is 0 Å². The van der Waals surface area contributed by atoms with Crippen LogP contribution in [0.15, 0.2) is 229 Å². The van der Waals surface area contributed by atoms with E-state index in [4.69, 9.17) is 14.4 Å². The van der Waals surface area contributed by atoms with Crippen LogP contribution in [-0.4, -0.2) is 9.97 Å². The van der Waals surface area contributed by atoms with E-state index in [-0.39, 0.29) is 5.41 Å². The lowest BCUT2D eigenvalue weighted by Crippen LogP contribution is -2.28. The van der Waals surface area contributed by atoms with Crippen molar-refractivity contribution in [2.24, 2.45) is 0 Å². The summed E-state index contributed by atoms with van der Waals surface area (Å²) in [6, 6.07) is 77.7. The maximum absolute atomic E-state index is 7.45. The van der Waals surface area contributed by atoms with Gasteiger partial charge in [-0.3, -0.25) is 0 Å². The van der Waals surface area contributed by atoms with Gasteiger partial charge in [-0.05, 0) is 109 Å². The van der Waals surface area contributed by atoms with Crippen molar-refractivity contribution in [3.05, 3.63) is 258 Å². The number of hydrogen-bond acceptors (Lipinski definition) is 4. The molecule has 2 heterocycles. The summed E-state index contributed by atoms with van der Waals surface area (Å²) in [5, 5.41) is 6.91. The summed E-state index contributed by atoms with van der Waals surface area (Å²) in [5.41, 5.74) is 17.3. The Hall–Kier alpha value is -8.60. The highest BCUT2D eigenvalue weighted by Crippen LogP contribution is 2.60. The molecular formula is C64H43N3O. The SMILES string of the molecule is CC1(C)c2c(ccc3ccccc23)-c2cc(N(c3cccc(-c4ncccn4)c3)c3cccc(C4(c5ccccc5)c5ccccc5-c5ccccc54)c3)c3c(oc4c5ccccc5ccc43)c21. The van der Waals surface area contributed by atoms with Crippen molar-refractivity contribution in [1.82, 2.24) is 9.97 Å². The highest BCUT2D eigenvalue weighted by atomic mass is 16.3. The van der Waals surface area contributed by atoms with Gasteiger partial charge in [0.25, 0.3) is 0 Å². The zero-order chi connectivity index (χ0) is 45.1. The quantitative estimate of drug-likeness (QED) is 0.167. The van der Waals surface area contributed by atoms with Crippen molar-refractivity contribution in [3.63, 3.8) is 0 Å². The molecule has 0 amide bonds. The Morgan fingerprint density at radius 3 is 1.81 bits per heavy atom. The second-order valence-electron chi connectivity index (χ2n) is 18.8. The summed E-state index contributed by atoms with van der Waals surface area (Å²) in [6.07, 6.45) is 3.62. The van der Waals surface area contributed by atoms with Crippen LogP contribution in [0.1, 0.15) is 47.2 Å². The number of fused-ring (bicyclic) bond motifs is 14. The summed E-state index contributed by atoms with van der Waals surface area (Å²) < 4.78 is 7.45. The first-order valence-corrected chi connectivity index (χ1v) is 23.5. The molecule has 10 aromatic carbocycles. The summed E-state index contributed by atoms with van der Waals surface area (Å²) >= 11 is 0. The number of aromatic nitrogens is 2. The van der Waals surface area contributed by atoms with E-state index in [0.29, 0.717) is 5.82 Å². The van der Waals surface area contributed by atoms with Gasteiger partial charge in [-0.1, -0.05) is 184 Å². The number of benzene rings is 10. The Labute approximate surface area is 394 Å². The third kappa shape index (κ3) is 5.31. The highest BCUT2D eigenvalue weighted by Gasteiger charge is 2.46. The van der Waals surface area contributed by atoms with Crippen molar-refractivity contribution in [2.75, 3.05) is 4.90 Å². The first kappa shape index (κ1) is 38.6. The maximum atomic E-state index is 7.45. The van der Waals surface area contributed by atoms with Gasteiger partial charge in [-0.25, -0.2) is 9.97 Å². The van der Waals surface area contributed by atoms with Crippen LogP contribution in [0.25, 0.3) is 77.1 Å². The summed E-state index contributed by atoms with van der Waals surface area (Å²) in [7, 11) is 0. The molecule has 0 spiro atoms. The first-order valence-electron chi connectivity index (χ1n) is 23.5. The molecule has 0 saturated carbocycles. The fraction of sp³-hybridized carbons (Fsp3) is 0.0625. The maximum Gasteiger partial charge on any atom is 0.159 e. The van der Waals surface area contributed by atoms with Crippen LogP contribution < -0.4 is 4.90 Å². The molecule has 68 heavy (non-hydrogen) atoms. The lowest BCUT2D eigenvalue weighted by molar-refractivity contribution is 0.624. The van der Waals surface area contributed by atoms with Crippen LogP contribution in [-0.2, 0) is 10.8 Å². The topological polar surface area (TPSA) is 42.2 Å². The Bertz CT molecular complexity index is 3970. The van der Waals surface area contributed by atoms with Crippen molar-refractivity contribution < 1.29 is 4.42 Å². The number of furan rings is 1. The van der Waals surface area contributed by atoms with Gasteiger partial charge < -0.3 is 9.32 Å². The van der Waals surface area contributed by atoms with E-state index in [2.05, 4.69) is 225 Å². The smallest absolute Gasteiger partial charge is 0.159 e. The van der Waals surface area contributed by atoms with Crippen LogP contribution in [0, 0.1) is 0 Å². The number of hydrogen-bond donors (Lipinski definition) is 0. The third-order valence-corrected chi connectivity index (χ3v) is 14.9. The minimum Gasteiger partial charge on any atom is -0.455 e. The van der Waals surface area contributed by atoms with Gasteiger partial charge in [-0.2, -0.15) is 0 Å². The lowest BCUT2D eigenvalue weighted by atomic mass is 9.67. The van der Waals surface area contributed by atoms with E-state index in [1.807, 2.05) is 18.5 Å². The van der Waals surface area contributed by atoms with Gasteiger partial charge in [0.15, 0.2) is 5.82 Å². The highest BCUT2D eigenvalue weighted by molar-refractivity contribution is 6.22. The third-order valence-electron chi connectivity index (χ3n) is 14.9. The molecule has 320 valence electrons. The van der Waals surface area contributed by atoms with Crippen LogP contribution in [0.4, 0.5) is 17.1 Å². The Kier molecular flexibility index (Phi) is 8.21. The van der Waals surface area contributed by atoms with E-state index in [1.54, 1.807) is 0 Å².